The number of carbonyl (C=O) groups excluding carboxylic acids is 1. The summed E-state index contributed by atoms with van der Waals surface area (Å²) >= 11 is 0. The SMILES string of the molecule is CCCCOCC(=O)N(CCC)C1CCNC1. The molecule has 4 nitrogen and oxygen atoms in total. The van der Waals surface area contributed by atoms with E-state index in [1.165, 1.54) is 0 Å². The zero-order chi connectivity index (χ0) is 12.5. The predicted octanol–water partition coefficient (Wildman–Crippen LogP) is 1.40. The van der Waals surface area contributed by atoms with Crippen LogP contribution in [0.3, 0.4) is 0 Å². The van der Waals surface area contributed by atoms with Crippen LogP contribution in [0.5, 0.6) is 0 Å². The third-order valence-electron chi connectivity index (χ3n) is 3.13. The highest BCUT2D eigenvalue weighted by molar-refractivity contribution is 5.77. The van der Waals surface area contributed by atoms with Gasteiger partial charge in [-0.15, -0.1) is 0 Å². The van der Waals surface area contributed by atoms with E-state index in [1.807, 2.05) is 4.90 Å². The molecular weight excluding hydrogens is 216 g/mol. The highest BCUT2D eigenvalue weighted by atomic mass is 16.5. The second-order valence-electron chi connectivity index (χ2n) is 4.64. The lowest BCUT2D eigenvalue weighted by atomic mass is 10.2. The van der Waals surface area contributed by atoms with E-state index in [2.05, 4.69) is 19.2 Å². The van der Waals surface area contributed by atoms with Gasteiger partial charge in [-0.3, -0.25) is 4.79 Å². The van der Waals surface area contributed by atoms with Gasteiger partial charge < -0.3 is 15.0 Å². The molecule has 1 heterocycles. The van der Waals surface area contributed by atoms with Gasteiger partial charge in [0.15, 0.2) is 0 Å². The molecule has 1 unspecified atom stereocenters. The molecule has 1 amide bonds. The maximum absolute atomic E-state index is 12.1. The quantitative estimate of drug-likeness (QED) is 0.654. The summed E-state index contributed by atoms with van der Waals surface area (Å²) in [7, 11) is 0. The number of nitrogens with one attached hydrogen (secondary N) is 1. The van der Waals surface area contributed by atoms with Gasteiger partial charge in [0.25, 0.3) is 0 Å². The first-order valence-electron chi connectivity index (χ1n) is 6.87. The minimum atomic E-state index is 0.150. The minimum absolute atomic E-state index is 0.150. The normalized spacial score (nSPS) is 19.5. The third-order valence-corrected chi connectivity index (χ3v) is 3.13. The maximum Gasteiger partial charge on any atom is 0.248 e. The molecule has 1 fully saturated rings. The number of nitrogens with zero attached hydrogens (tertiary/aromatic N) is 1. The molecule has 0 aromatic rings. The largest absolute Gasteiger partial charge is 0.372 e. The van der Waals surface area contributed by atoms with Crippen LogP contribution in [-0.4, -0.2) is 49.7 Å². The van der Waals surface area contributed by atoms with Crippen molar-refractivity contribution in [1.82, 2.24) is 10.2 Å². The van der Waals surface area contributed by atoms with Gasteiger partial charge in [0, 0.05) is 25.7 Å². The first kappa shape index (κ1) is 14.5. The molecule has 0 bridgehead atoms. The van der Waals surface area contributed by atoms with Crippen LogP contribution < -0.4 is 5.32 Å². The fourth-order valence-electron chi connectivity index (χ4n) is 2.15. The van der Waals surface area contributed by atoms with Gasteiger partial charge in [0.2, 0.25) is 5.91 Å². The minimum Gasteiger partial charge on any atom is -0.372 e. The van der Waals surface area contributed by atoms with E-state index in [0.717, 1.165) is 45.3 Å². The van der Waals surface area contributed by atoms with Gasteiger partial charge in [-0.2, -0.15) is 0 Å². The number of rotatable bonds is 8. The number of amides is 1. The number of hydrogen-bond donors (Lipinski definition) is 1. The van der Waals surface area contributed by atoms with Gasteiger partial charge in [0.05, 0.1) is 0 Å². The summed E-state index contributed by atoms with van der Waals surface area (Å²) in [5.41, 5.74) is 0. The van der Waals surface area contributed by atoms with E-state index < -0.39 is 0 Å². The molecule has 0 aliphatic carbocycles. The second-order valence-corrected chi connectivity index (χ2v) is 4.64. The molecule has 0 saturated carbocycles. The molecule has 17 heavy (non-hydrogen) atoms. The van der Waals surface area contributed by atoms with Crippen LogP contribution in [0.2, 0.25) is 0 Å². The smallest absolute Gasteiger partial charge is 0.248 e. The lowest BCUT2D eigenvalue weighted by Crippen LogP contribution is -2.43. The summed E-state index contributed by atoms with van der Waals surface area (Å²) in [6, 6.07) is 0.372. The van der Waals surface area contributed by atoms with Crippen LogP contribution in [0.15, 0.2) is 0 Å². The molecule has 1 atom stereocenters. The van der Waals surface area contributed by atoms with Crippen LogP contribution in [0.25, 0.3) is 0 Å². The van der Waals surface area contributed by atoms with E-state index >= 15 is 0 Å². The Bertz CT molecular complexity index is 215. The van der Waals surface area contributed by atoms with Crippen LogP contribution >= 0.6 is 0 Å². The molecule has 0 radical (unpaired) electrons. The van der Waals surface area contributed by atoms with Crippen molar-refractivity contribution in [2.45, 2.75) is 45.6 Å². The topological polar surface area (TPSA) is 41.6 Å². The van der Waals surface area contributed by atoms with Crippen molar-refractivity contribution in [3.63, 3.8) is 0 Å². The highest BCUT2D eigenvalue weighted by Gasteiger charge is 2.25. The lowest BCUT2D eigenvalue weighted by molar-refractivity contribution is -0.138. The number of unbranched alkanes of at least 4 members (excludes halogenated alkanes) is 1. The molecule has 0 aromatic carbocycles. The Morgan fingerprint density at radius 3 is 2.82 bits per heavy atom. The predicted molar refractivity (Wildman–Crippen MR) is 69.0 cm³/mol. The van der Waals surface area contributed by atoms with E-state index in [1.54, 1.807) is 0 Å². The van der Waals surface area contributed by atoms with E-state index in [-0.39, 0.29) is 12.5 Å². The first-order valence-corrected chi connectivity index (χ1v) is 6.87. The Morgan fingerprint density at radius 1 is 1.41 bits per heavy atom. The molecule has 1 aliphatic heterocycles. The fraction of sp³-hybridized carbons (Fsp3) is 0.923. The average Bonchev–Trinajstić information content (AvgIpc) is 2.85. The van der Waals surface area contributed by atoms with Crippen molar-refractivity contribution in [3.05, 3.63) is 0 Å². The van der Waals surface area contributed by atoms with Crippen LogP contribution in [-0.2, 0) is 9.53 Å². The molecule has 1 N–H and O–H groups in total. The van der Waals surface area contributed by atoms with Crippen molar-refractivity contribution < 1.29 is 9.53 Å². The lowest BCUT2D eigenvalue weighted by Gasteiger charge is -2.28. The molecule has 0 spiro atoms. The highest BCUT2D eigenvalue weighted by Crippen LogP contribution is 2.09. The van der Waals surface area contributed by atoms with E-state index in [9.17, 15) is 4.79 Å². The van der Waals surface area contributed by atoms with Crippen molar-refractivity contribution in [3.8, 4) is 0 Å². The summed E-state index contributed by atoms with van der Waals surface area (Å²) in [5.74, 6) is 0.150. The summed E-state index contributed by atoms with van der Waals surface area (Å²) in [6.45, 7) is 7.98. The Labute approximate surface area is 105 Å². The van der Waals surface area contributed by atoms with E-state index in [4.69, 9.17) is 4.74 Å². The zero-order valence-electron chi connectivity index (χ0n) is 11.2. The second kappa shape index (κ2) is 8.48. The zero-order valence-corrected chi connectivity index (χ0v) is 11.2. The number of hydrogen-bond acceptors (Lipinski definition) is 3. The standard InChI is InChI=1S/C13H26N2O2/c1-3-5-9-17-11-13(16)15(8-4-2)12-6-7-14-10-12/h12,14H,3-11H2,1-2H3. The molecule has 0 aromatic heterocycles. The molecule has 1 aliphatic rings. The Morgan fingerprint density at radius 2 is 2.24 bits per heavy atom. The summed E-state index contributed by atoms with van der Waals surface area (Å²) < 4.78 is 5.41. The Balaban J connectivity index is 2.32. The summed E-state index contributed by atoms with van der Waals surface area (Å²) in [6.07, 6.45) is 4.23. The Hall–Kier alpha value is -0.610. The van der Waals surface area contributed by atoms with Gasteiger partial charge in [0.1, 0.15) is 6.61 Å². The van der Waals surface area contributed by atoms with Crippen molar-refractivity contribution in [1.29, 1.82) is 0 Å². The van der Waals surface area contributed by atoms with Crippen LogP contribution in [0.4, 0.5) is 0 Å². The summed E-state index contributed by atoms with van der Waals surface area (Å²) in [5, 5.41) is 3.31. The fourth-order valence-corrected chi connectivity index (χ4v) is 2.15. The third kappa shape index (κ3) is 5.04. The van der Waals surface area contributed by atoms with Crippen molar-refractivity contribution in [2.24, 2.45) is 0 Å². The maximum atomic E-state index is 12.1. The molecule has 4 heteroatoms. The van der Waals surface area contributed by atoms with Crippen molar-refractivity contribution in [2.75, 3.05) is 32.8 Å². The molecule has 1 saturated heterocycles. The van der Waals surface area contributed by atoms with Gasteiger partial charge in [-0.25, -0.2) is 0 Å². The van der Waals surface area contributed by atoms with Gasteiger partial charge in [-0.1, -0.05) is 20.3 Å². The van der Waals surface area contributed by atoms with Crippen LogP contribution in [0.1, 0.15) is 39.5 Å². The molecular formula is C13H26N2O2. The van der Waals surface area contributed by atoms with Crippen molar-refractivity contribution >= 4 is 5.91 Å². The summed E-state index contributed by atoms with van der Waals surface area (Å²) in [4.78, 5) is 14.0. The van der Waals surface area contributed by atoms with E-state index in [0.29, 0.717) is 12.6 Å². The molecule has 1 rings (SSSR count). The van der Waals surface area contributed by atoms with Gasteiger partial charge >= 0.3 is 0 Å². The number of ether oxygens (including phenoxy) is 1. The Kier molecular flexibility index (Phi) is 7.21. The van der Waals surface area contributed by atoms with Crippen LogP contribution in [0, 0.1) is 0 Å². The molecule has 100 valence electrons. The first-order chi connectivity index (χ1) is 8.29. The average molecular weight is 242 g/mol. The monoisotopic (exact) mass is 242 g/mol. The van der Waals surface area contributed by atoms with Gasteiger partial charge in [-0.05, 0) is 25.8 Å². The number of carbonyl (C=O) groups is 1.